The Kier molecular flexibility index (Phi) is 10.5. The summed E-state index contributed by atoms with van der Waals surface area (Å²) in [7, 11) is 0. The van der Waals surface area contributed by atoms with Crippen molar-refractivity contribution in [2.75, 3.05) is 13.2 Å². The molecule has 0 saturated carbocycles. The third-order valence-corrected chi connectivity index (χ3v) is 4.79. The molecule has 1 aliphatic rings. The Labute approximate surface area is 196 Å². The number of hydrogen-bond acceptors (Lipinski definition) is 6. The van der Waals surface area contributed by atoms with Gasteiger partial charge in [0.2, 0.25) is 11.8 Å². The lowest BCUT2D eigenvalue weighted by atomic mass is 9.95. The van der Waals surface area contributed by atoms with Crippen LogP contribution in [0.15, 0.2) is 0 Å². The molecule has 194 valence electrons. The lowest BCUT2D eigenvalue weighted by Crippen LogP contribution is -2.56. The van der Waals surface area contributed by atoms with Crippen molar-refractivity contribution in [1.82, 2.24) is 21.3 Å². The van der Waals surface area contributed by atoms with Gasteiger partial charge in [-0.05, 0) is 46.0 Å². The quantitative estimate of drug-likeness (QED) is 0.327. The summed E-state index contributed by atoms with van der Waals surface area (Å²) in [5, 5.41) is 9.65. The van der Waals surface area contributed by atoms with Crippen LogP contribution in [0.4, 0.5) is 13.2 Å². The SMILES string of the molecule is CC(C)C[C@H](NC(=O)C(=O)NC(C)(C)C)C(=O)N[C@@H](CC1CCNC1=O)C(=O)COC(F)(F)F. The summed E-state index contributed by atoms with van der Waals surface area (Å²) in [4.78, 5) is 61.7. The third kappa shape index (κ3) is 10.9. The minimum atomic E-state index is -5.05. The summed E-state index contributed by atoms with van der Waals surface area (Å²) in [6.07, 6.45) is -4.85. The largest absolute Gasteiger partial charge is 0.522 e. The molecule has 1 rings (SSSR count). The van der Waals surface area contributed by atoms with Crippen molar-refractivity contribution in [2.24, 2.45) is 11.8 Å². The van der Waals surface area contributed by atoms with Crippen LogP contribution >= 0.6 is 0 Å². The van der Waals surface area contributed by atoms with Crippen molar-refractivity contribution in [3.05, 3.63) is 0 Å². The number of halogens is 3. The molecule has 1 saturated heterocycles. The first-order valence-electron chi connectivity index (χ1n) is 10.9. The van der Waals surface area contributed by atoms with Gasteiger partial charge >= 0.3 is 18.2 Å². The second-order valence-electron chi connectivity index (χ2n) is 9.63. The summed E-state index contributed by atoms with van der Waals surface area (Å²) in [5.41, 5.74) is -0.706. The van der Waals surface area contributed by atoms with Crippen molar-refractivity contribution in [1.29, 1.82) is 0 Å². The van der Waals surface area contributed by atoms with Gasteiger partial charge in [-0.15, -0.1) is 13.2 Å². The molecule has 1 unspecified atom stereocenters. The maximum Gasteiger partial charge on any atom is 0.522 e. The molecule has 0 aromatic carbocycles. The second-order valence-corrected chi connectivity index (χ2v) is 9.63. The highest BCUT2D eigenvalue weighted by Crippen LogP contribution is 2.20. The van der Waals surface area contributed by atoms with E-state index in [1.54, 1.807) is 34.6 Å². The number of nitrogens with one attached hydrogen (secondary N) is 4. The van der Waals surface area contributed by atoms with Crippen molar-refractivity contribution in [3.8, 4) is 0 Å². The molecular formula is C21H33F3N4O6. The molecule has 34 heavy (non-hydrogen) atoms. The van der Waals surface area contributed by atoms with Crippen LogP contribution in [0.3, 0.4) is 0 Å². The van der Waals surface area contributed by atoms with E-state index >= 15 is 0 Å². The van der Waals surface area contributed by atoms with E-state index in [-0.39, 0.29) is 24.7 Å². The number of ketones is 1. The predicted molar refractivity (Wildman–Crippen MR) is 114 cm³/mol. The van der Waals surface area contributed by atoms with Crippen LogP contribution in [0.2, 0.25) is 0 Å². The van der Waals surface area contributed by atoms with E-state index in [0.717, 1.165) is 0 Å². The van der Waals surface area contributed by atoms with E-state index in [1.807, 2.05) is 0 Å². The highest BCUT2D eigenvalue weighted by molar-refractivity contribution is 6.35. The Morgan fingerprint density at radius 3 is 2.15 bits per heavy atom. The van der Waals surface area contributed by atoms with Gasteiger partial charge in [-0.25, -0.2) is 0 Å². The molecular weight excluding hydrogens is 461 g/mol. The Morgan fingerprint density at radius 2 is 1.68 bits per heavy atom. The van der Waals surface area contributed by atoms with Gasteiger partial charge in [0, 0.05) is 18.0 Å². The molecule has 13 heteroatoms. The zero-order chi connectivity index (χ0) is 26.3. The zero-order valence-electron chi connectivity index (χ0n) is 19.9. The molecule has 0 spiro atoms. The Morgan fingerprint density at radius 1 is 1.06 bits per heavy atom. The second kappa shape index (κ2) is 12.1. The fourth-order valence-electron chi connectivity index (χ4n) is 3.28. The lowest BCUT2D eigenvalue weighted by Gasteiger charge is -2.26. The van der Waals surface area contributed by atoms with Crippen LogP contribution in [0.25, 0.3) is 0 Å². The van der Waals surface area contributed by atoms with E-state index in [0.29, 0.717) is 13.0 Å². The van der Waals surface area contributed by atoms with Gasteiger partial charge in [-0.3, -0.25) is 28.7 Å². The molecule has 0 aliphatic carbocycles. The molecule has 4 amide bonds. The third-order valence-electron chi connectivity index (χ3n) is 4.79. The zero-order valence-corrected chi connectivity index (χ0v) is 19.9. The molecule has 0 aromatic heterocycles. The highest BCUT2D eigenvalue weighted by atomic mass is 19.4. The lowest BCUT2D eigenvalue weighted by molar-refractivity contribution is -0.321. The number of Topliss-reactive ketones (excluding diaryl/α,β-unsaturated/α-hetero) is 1. The van der Waals surface area contributed by atoms with Gasteiger partial charge in [0.15, 0.2) is 5.78 Å². The van der Waals surface area contributed by atoms with Gasteiger partial charge in [-0.2, -0.15) is 0 Å². The van der Waals surface area contributed by atoms with Gasteiger partial charge in [0.1, 0.15) is 12.6 Å². The smallest absolute Gasteiger partial charge is 0.356 e. The highest BCUT2D eigenvalue weighted by Gasteiger charge is 2.36. The van der Waals surface area contributed by atoms with Crippen LogP contribution < -0.4 is 21.3 Å². The number of alkyl halides is 3. The number of carbonyl (C=O) groups excluding carboxylic acids is 5. The monoisotopic (exact) mass is 494 g/mol. The number of rotatable bonds is 10. The van der Waals surface area contributed by atoms with E-state index in [9.17, 15) is 37.1 Å². The van der Waals surface area contributed by atoms with Crippen molar-refractivity contribution in [3.63, 3.8) is 0 Å². The summed E-state index contributed by atoms with van der Waals surface area (Å²) in [6.45, 7) is 7.48. The molecule has 1 fully saturated rings. The van der Waals surface area contributed by atoms with Crippen molar-refractivity contribution < 1.29 is 41.9 Å². The number of amides is 4. The van der Waals surface area contributed by atoms with E-state index in [2.05, 4.69) is 26.0 Å². The minimum absolute atomic E-state index is 0.0875. The number of hydrogen-bond donors (Lipinski definition) is 4. The standard InChI is InChI=1S/C21H33F3N4O6/c1-11(2)8-14(27-18(32)19(33)28-20(3,4)5)17(31)26-13(9-12-6-7-25-16(12)30)15(29)10-34-21(22,23)24/h11-14H,6-10H2,1-5H3,(H,25,30)(H,26,31)(H,27,32)(H,28,33)/t12?,13-,14-/m0/s1. The molecule has 10 nitrogen and oxygen atoms in total. The first-order chi connectivity index (χ1) is 15.5. The van der Waals surface area contributed by atoms with Crippen LogP contribution in [-0.4, -0.2) is 66.5 Å². The van der Waals surface area contributed by atoms with Gasteiger partial charge in [-0.1, -0.05) is 13.8 Å². The number of carbonyl (C=O) groups is 5. The number of ether oxygens (including phenoxy) is 1. The van der Waals surface area contributed by atoms with Crippen molar-refractivity contribution >= 4 is 29.4 Å². The molecule has 0 radical (unpaired) electrons. The normalized spacial score (nSPS) is 18.1. The first kappa shape index (κ1) is 29.3. The molecule has 0 aromatic rings. The fraction of sp³-hybridized carbons (Fsp3) is 0.762. The van der Waals surface area contributed by atoms with Crippen LogP contribution in [-0.2, 0) is 28.7 Å². The molecule has 3 atom stereocenters. The van der Waals surface area contributed by atoms with Crippen LogP contribution in [0.5, 0.6) is 0 Å². The first-order valence-corrected chi connectivity index (χ1v) is 10.9. The maximum atomic E-state index is 12.9. The van der Waals surface area contributed by atoms with Gasteiger partial charge in [0.25, 0.3) is 0 Å². The van der Waals surface area contributed by atoms with Gasteiger partial charge < -0.3 is 21.3 Å². The molecule has 0 bridgehead atoms. The van der Waals surface area contributed by atoms with E-state index in [4.69, 9.17) is 0 Å². The fourth-order valence-corrected chi connectivity index (χ4v) is 3.28. The van der Waals surface area contributed by atoms with E-state index < -0.39 is 60.0 Å². The molecule has 4 N–H and O–H groups in total. The van der Waals surface area contributed by atoms with Crippen molar-refractivity contribution in [2.45, 2.75) is 77.9 Å². The summed E-state index contributed by atoms with van der Waals surface area (Å²) in [5.74, 6) is -5.17. The molecule has 1 aliphatic heterocycles. The van der Waals surface area contributed by atoms with Gasteiger partial charge in [0.05, 0.1) is 6.04 Å². The minimum Gasteiger partial charge on any atom is -0.356 e. The Balaban J connectivity index is 2.99. The predicted octanol–water partition coefficient (Wildman–Crippen LogP) is 0.549. The summed E-state index contributed by atoms with van der Waals surface area (Å²) < 4.78 is 40.8. The summed E-state index contributed by atoms with van der Waals surface area (Å²) in [6, 6.07) is -2.70. The summed E-state index contributed by atoms with van der Waals surface area (Å²) >= 11 is 0. The average Bonchev–Trinajstić information content (AvgIpc) is 3.07. The van der Waals surface area contributed by atoms with Crippen LogP contribution in [0, 0.1) is 11.8 Å². The average molecular weight is 495 g/mol. The van der Waals surface area contributed by atoms with Crippen LogP contribution in [0.1, 0.15) is 53.9 Å². The Bertz CT molecular complexity index is 779. The topological polar surface area (TPSA) is 143 Å². The van der Waals surface area contributed by atoms with E-state index in [1.165, 1.54) is 0 Å². The molecule has 1 heterocycles. The maximum absolute atomic E-state index is 12.9. The Hall–Kier alpha value is -2.70.